The average molecular weight is 410 g/mol. The number of carbonyl (C=O) groups excluding carboxylic acids is 1. The Hall–Kier alpha value is -0.850. The highest BCUT2D eigenvalue weighted by Crippen LogP contribution is 2.31. The molecule has 1 amide bonds. The number of piperazine rings is 1. The van der Waals surface area contributed by atoms with Gasteiger partial charge in [0.05, 0.1) is 17.7 Å². The molecule has 168 valence electrons. The van der Waals surface area contributed by atoms with Crippen molar-refractivity contribution >= 4 is 6.09 Å². The first-order chi connectivity index (χ1) is 13.6. The highest BCUT2D eigenvalue weighted by molar-refractivity contribution is 5.69. The predicted octanol–water partition coefficient (Wildman–Crippen LogP) is 3.65. The van der Waals surface area contributed by atoms with Gasteiger partial charge in [0.15, 0.2) is 0 Å². The quantitative estimate of drug-likeness (QED) is 0.768. The number of hydrogen-bond acceptors (Lipinski definition) is 5. The van der Waals surface area contributed by atoms with Crippen molar-refractivity contribution in [3.8, 4) is 0 Å². The zero-order valence-electron chi connectivity index (χ0n) is 19.3. The zero-order valence-corrected chi connectivity index (χ0v) is 19.3. The molecule has 2 saturated heterocycles. The van der Waals surface area contributed by atoms with Gasteiger partial charge in [-0.2, -0.15) is 0 Å². The number of nitrogens with zero attached hydrogens (tertiary/aromatic N) is 2. The maximum Gasteiger partial charge on any atom is 0.410 e. The van der Waals surface area contributed by atoms with Crippen molar-refractivity contribution in [3.63, 3.8) is 0 Å². The van der Waals surface area contributed by atoms with Gasteiger partial charge in [0.25, 0.3) is 0 Å². The van der Waals surface area contributed by atoms with Crippen LogP contribution in [0.1, 0.15) is 73.1 Å². The second-order valence-electron chi connectivity index (χ2n) is 10.9. The number of nitrogens with one attached hydrogen (secondary N) is 1. The number of ether oxygens (including phenoxy) is 2. The maximum atomic E-state index is 12.6. The van der Waals surface area contributed by atoms with Crippen molar-refractivity contribution in [1.29, 1.82) is 0 Å². The Kier molecular flexibility index (Phi) is 7.50. The van der Waals surface area contributed by atoms with E-state index >= 15 is 0 Å². The Labute approximate surface area is 177 Å². The first kappa shape index (κ1) is 22.8. The summed E-state index contributed by atoms with van der Waals surface area (Å²) >= 11 is 0. The van der Waals surface area contributed by atoms with E-state index in [2.05, 4.69) is 24.1 Å². The lowest BCUT2D eigenvalue weighted by Crippen LogP contribution is -2.62. The Morgan fingerprint density at radius 3 is 2.21 bits per heavy atom. The van der Waals surface area contributed by atoms with E-state index in [-0.39, 0.29) is 11.6 Å². The highest BCUT2D eigenvalue weighted by Gasteiger charge is 2.39. The van der Waals surface area contributed by atoms with Gasteiger partial charge in [0.2, 0.25) is 0 Å². The van der Waals surface area contributed by atoms with Crippen LogP contribution in [0.4, 0.5) is 4.79 Å². The summed E-state index contributed by atoms with van der Waals surface area (Å²) in [6.07, 6.45) is 8.02. The van der Waals surface area contributed by atoms with Crippen molar-refractivity contribution in [2.75, 3.05) is 39.3 Å². The molecule has 0 aromatic heterocycles. The molecule has 6 nitrogen and oxygen atoms in total. The SMILES string of the molecule is CC(C)(C)OC(=O)N1CCN(C[C@H]2CC[C@H](OC3CCNCC3)CC2)CC1(C)C. The first-order valence-corrected chi connectivity index (χ1v) is 11.7. The van der Waals surface area contributed by atoms with Crippen LogP contribution in [0.2, 0.25) is 0 Å². The molecule has 1 N–H and O–H groups in total. The minimum atomic E-state index is -0.445. The summed E-state index contributed by atoms with van der Waals surface area (Å²) in [4.78, 5) is 17.1. The molecule has 0 aromatic carbocycles. The molecule has 3 aliphatic rings. The van der Waals surface area contributed by atoms with Crippen LogP contribution in [0.3, 0.4) is 0 Å². The van der Waals surface area contributed by atoms with Crippen LogP contribution in [0.25, 0.3) is 0 Å². The predicted molar refractivity (Wildman–Crippen MR) is 116 cm³/mol. The van der Waals surface area contributed by atoms with E-state index in [9.17, 15) is 4.79 Å². The molecule has 1 aliphatic carbocycles. The van der Waals surface area contributed by atoms with Crippen molar-refractivity contribution in [2.24, 2.45) is 5.92 Å². The molecule has 0 unspecified atom stereocenters. The Morgan fingerprint density at radius 1 is 1.00 bits per heavy atom. The highest BCUT2D eigenvalue weighted by atomic mass is 16.6. The fourth-order valence-corrected chi connectivity index (χ4v) is 5.09. The summed E-state index contributed by atoms with van der Waals surface area (Å²) in [6, 6.07) is 0. The minimum Gasteiger partial charge on any atom is -0.444 e. The molecular weight excluding hydrogens is 366 g/mol. The molecule has 3 rings (SSSR count). The monoisotopic (exact) mass is 409 g/mol. The first-order valence-electron chi connectivity index (χ1n) is 11.7. The third kappa shape index (κ3) is 6.83. The minimum absolute atomic E-state index is 0.183. The second kappa shape index (κ2) is 9.52. The summed E-state index contributed by atoms with van der Waals surface area (Å²) in [5.74, 6) is 0.756. The van der Waals surface area contributed by atoms with Gasteiger partial charge in [-0.3, -0.25) is 4.90 Å². The molecule has 2 heterocycles. The standard InChI is InChI=1S/C23H43N3O3/c1-22(2,3)29-21(27)26-15-14-25(17-23(26,4)5)16-18-6-8-19(9-7-18)28-20-10-12-24-13-11-20/h18-20,24H,6-17H2,1-5H3/t18-,19-. The molecule has 3 fully saturated rings. The summed E-state index contributed by atoms with van der Waals surface area (Å²) in [7, 11) is 0. The number of amides is 1. The summed E-state index contributed by atoms with van der Waals surface area (Å²) in [6.45, 7) is 16.1. The van der Waals surface area contributed by atoms with Gasteiger partial charge >= 0.3 is 6.09 Å². The van der Waals surface area contributed by atoms with E-state index in [4.69, 9.17) is 9.47 Å². The lowest BCUT2D eigenvalue weighted by molar-refractivity contribution is -0.0537. The molecule has 0 atom stereocenters. The van der Waals surface area contributed by atoms with Gasteiger partial charge in [-0.15, -0.1) is 0 Å². The van der Waals surface area contributed by atoms with Gasteiger partial charge in [0.1, 0.15) is 5.60 Å². The smallest absolute Gasteiger partial charge is 0.410 e. The topological polar surface area (TPSA) is 54.0 Å². The number of carbonyl (C=O) groups is 1. The molecular formula is C23H43N3O3. The Bertz CT molecular complexity index is 532. The average Bonchev–Trinajstić information content (AvgIpc) is 2.62. The third-order valence-electron chi connectivity index (χ3n) is 6.58. The number of piperidine rings is 1. The van der Waals surface area contributed by atoms with E-state index in [1.54, 1.807) is 0 Å². The molecule has 0 aromatic rings. The van der Waals surface area contributed by atoms with Crippen molar-refractivity contribution in [2.45, 2.75) is 96.5 Å². The number of hydrogen-bond donors (Lipinski definition) is 1. The van der Waals surface area contributed by atoms with Gasteiger partial charge in [0, 0.05) is 26.2 Å². The summed E-state index contributed by atoms with van der Waals surface area (Å²) in [5.41, 5.74) is -0.644. The fourth-order valence-electron chi connectivity index (χ4n) is 5.09. The van der Waals surface area contributed by atoms with Gasteiger partial charge in [-0.05, 0) is 92.2 Å². The second-order valence-corrected chi connectivity index (χ2v) is 10.9. The molecule has 1 saturated carbocycles. The third-order valence-corrected chi connectivity index (χ3v) is 6.58. The fraction of sp³-hybridized carbons (Fsp3) is 0.957. The molecule has 0 bridgehead atoms. The zero-order chi connectivity index (χ0) is 21.1. The van der Waals surface area contributed by atoms with Crippen LogP contribution in [0.5, 0.6) is 0 Å². The Balaban J connectivity index is 1.41. The van der Waals surface area contributed by atoms with Crippen molar-refractivity contribution < 1.29 is 14.3 Å². The summed E-state index contributed by atoms with van der Waals surface area (Å²) < 4.78 is 12.0. The van der Waals surface area contributed by atoms with Crippen LogP contribution in [-0.2, 0) is 9.47 Å². The summed E-state index contributed by atoms with van der Waals surface area (Å²) in [5, 5.41) is 3.41. The largest absolute Gasteiger partial charge is 0.444 e. The van der Waals surface area contributed by atoms with Crippen LogP contribution in [0.15, 0.2) is 0 Å². The van der Waals surface area contributed by atoms with Gasteiger partial charge < -0.3 is 19.7 Å². The van der Waals surface area contributed by atoms with E-state index in [0.717, 1.165) is 58.0 Å². The van der Waals surface area contributed by atoms with Crippen molar-refractivity contribution in [3.05, 3.63) is 0 Å². The maximum absolute atomic E-state index is 12.6. The van der Waals surface area contributed by atoms with Crippen LogP contribution >= 0.6 is 0 Å². The van der Waals surface area contributed by atoms with E-state index in [1.807, 2.05) is 25.7 Å². The van der Waals surface area contributed by atoms with E-state index in [1.165, 1.54) is 25.7 Å². The molecule has 2 aliphatic heterocycles. The van der Waals surface area contributed by atoms with Crippen LogP contribution in [-0.4, -0.2) is 78.5 Å². The van der Waals surface area contributed by atoms with Crippen LogP contribution in [0, 0.1) is 5.92 Å². The van der Waals surface area contributed by atoms with Gasteiger partial charge in [-0.25, -0.2) is 4.79 Å². The van der Waals surface area contributed by atoms with E-state index < -0.39 is 5.60 Å². The van der Waals surface area contributed by atoms with Gasteiger partial charge in [-0.1, -0.05) is 0 Å². The lowest BCUT2D eigenvalue weighted by Gasteiger charge is -2.48. The molecule has 6 heteroatoms. The molecule has 29 heavy (non-hydrogen) atoms. The van der Waals surface area contributed by atoms with E-state index in [0.29, 0.717) is 12.2 Å². The Morgan fingerprint density at radius 2 is 1.62 bits per heavy atom. The molecule has 0 spiro atoms. The van der Waals surface area contributed by atoms with Crippen molar-refractivity contribution in [1.82, 2.24) is 15.1 Å². The van der Waals surface area contributed by atoms with Crippen LogP contribution < -0.4 is 5.32 Å². The molecule has 0 radical (unpaired) electrons. The lowest BCUT2D eigenvalue weighted by atomic mass is 9.86. The number of rotatable bonds is 4. The normalized spacial score (nSPS) is 29.6.